The van der Waals surface area contributed by atoms with Crippen LogP contribution in [0.25, 0.3) is 0 Å². The Hall–Kier alpha value is -0.600. The predicted octanol–water partition coefficient (Wildman–Crippen LogP) is 2.52. The molecule has 3 heteroatoms. The average molecular weight is 200 g/mol. The fourth-order valence-corrected chi connectivity index (χ4v) is 1.63. The van der Waals surface area contributed by atoms with Gasteiger partial charge < -0.3 is 5.11 Å². The normalized spacial score (nSPS) is 11.8. The smallest absolute Gasteiger partial charge is 0.0868 e. The van der Waals surface area contributed by atoms with Crippen LogP contribution in [-0.2, 0) is 12.0 Å². The minimum atomic E-state index is -0.108. The molecule has 0 saturated carbocycles. The maximum absolute atomic E-state index is 8.96. The third-order valence-electron chi connectivity index (χ3n) is 1.92. The lowest BCUT2D eigenvalue weighted by Gasteiger charge is -2.21. The third-order valence-corrected chi connectivity index (χ3v) is 2.34. The van der Waals surface area contributed by atoms with Crippen molar-refractivity contribution >= 4 is 11.6 Å². The van der Waals surface area contributed by atoms with E-state index in [2.05, 4.69) is 25.8 Å². The van der Waals surface area contributed by atoms with E-state index in [-0.39, 0.29) is 12.0 Å². The maximum atomic E-state index is 8.96. The molecule has 1 N–H and O–H groups in total. The molecule has 1 rings (SSSR count). The monoisotopic (exact) mass is 199 g/mol. The molecule has 13 heavy (non-hydrogen) atoms. The van der Waals surface area contributed by atoms with Crippen LogP contribution >= 0.6 is 11.6 Å². The van der Waals surface area contributed by atoms with E-state index in [9.17, 15) is 0 Å². The van der Waals surface area contributed by atoms with E-state index in [0.29, 0.717) is 10.7 Å². The Morgan fingerprint density at radius 1 is 1.46 bits per heavy atom. The fourth-order valence-electron chi connectivity index (χ4n) is 1.18. The summed E-state index contributed by atoms with van der Waals surface area (Å²) < 4.78 is 0. The summed E-state index contributed by atoms with van der Waals surface area (Å²) in [6.45, 7) is 6.13. The first-order chi connectivity index (χ1) is 5.96. The van der Waals surface area contributed by atoms with Crippen molar-refractivity contribution in [2.75, 3.05) is 0 Å². The van der Waals surface area contributed by atoms with Gasteiger partial charge in [-0.2, -0.15) is 0 Å². The quantitative estimate of drug-likeness (QED) is 0.754. The summed E-state index contributed by atoms with van der Waals surface area (Å²) in [7, 11) is 0. The van der Waals surface area contributed by atoms with Crippen LogP contribution < -0.4 is 0 Å². The number of rotatable bonds is 1. The van der Waals surface area contributed by atoms with E-state index in [1.54, 1.807) is 6.20 Å². The molecule has 0 amide bonds. The molecular weight excluding hydrogens is 186 g/mol. The Labute approximate surface area is 83.6 Å². The summed E-state index contributed by atoms with van der Waals surface area (Å²) in [5, 5.41) is 9.54. The Balaban J connectivity index is 3.24. The number of aliphatic hydroxyl groups excluding tert-OH is 1. The van der Waals surface area contributed by atoms with Gasteiger partial charge in [0.2, 0.25) is 0 Å². The van der Waals surface area contributed by atoms with Gasteiger partial charge >= 0.3 is 0 Å². The first kappa shape index (κ1) is 10.5. The molecule has 0 radical (unpaired) electrons. The Morgan fingerprint density at radius 3 is 2.54 bits per heavy atom. The predicted molar refractivity (Wildman–Crippen MR) is 53.9 cm³/mol. The lowest BCUT2D eigenvalue weighted by molar-refractivity contribution is 0.276. The SMILES string of the molecule is CC(C)(C)c1ccnc(CO)c1Cl. The number of pyridine rings is 1. The van der Waals surface area contributed by atoms with E-state index in [4.69, 9.17) is 16.7 Å². The zero-order chi connectivity index (χ0) is 10.1. The summed E-state index contributed by atoms with van der Waals surface area (Å²) >= 11 is 6.07. The molecule has 0 atom stereocenters. The molecule has 0 aliphatic carbocycles. The summed E-state index contributed by atoms with van der Waals surface area (Å²) in [5.74, 6) is 0. The first-order valence-electron chi connectivity index (χ1n) is 4.21. The highest BCUT2D eigenvalue weighted by Gasteiger charge is 2.19. The number of aliphatic hydroxyl groups is 1. The van der Waals surface area contributed by atoms with E-state index in [0.717, 1.165) is 5.56 Å². The molecule has 0 aliphatic rings. The molecule has 0 unspecified atom stereocenters. The second kappa shape index (κ2) is 3.64. The van der Waals surface area contributed by atoms with Crippen LogP contribution in [0.15, 0.2) is 12.3 Å². The van der Waals surface area contributed by atoms with Crippen LogP contribution in [0.3, 0.4) is 0 Å². The molecule has 0 spiro atoms. The molecule has 2 nitrogen and oxygen atoms in total. The number of nitrogens with zero attached hydrogens (tertiary/aromatic N) is 1. The van der Waals surface area contributed by atoms with Crippen molar-refractivity contribution in [1.82, 2.24) is 4.98 Å². The minimum Gasteiger partial charge on any atom is -0.390 e. The molecule has 0 saturated heterocycles. The molecule has 72 valence electrons. The molecule has 0 fully saturated rings. The van der Waals surface area contributed by atoms with Crippen molar-refractivity contribution in [2.45, 2.75) is 32.8 Å². The van der Waals surface area contributed by atoms with Gasteiger partial charge in [-0.15, -0.1) is 0 Å². The van der Waals surface area contributed by atoms with Crippen molar-refractivity contribution in [3.05, 3.63) is 28.5 Å². The van der Waals surface area contributed by atoms with Gasteiger partial charge in [-0.1, -0.05) is 32.4 Å². The Kier molecular flexibility index (Phi) is 2.94. The van der Waals surface area contributed by atoms with Gasteiger partial charge in [0.25, 0.3) is 0 Å². The zero-order valence-electron chi connectivity index (χ0n) is 8.13. The van der Waals surface area contributed by atoms with Gasteiger partial charge in [0.05, 0.1) is 17.3 Å². The van der Waals surface area contributed by atoms with Gasteiger partial charge in [0.15, 0.2) is 0 Å². The minimum absolute atomic E-state index is 0.00998. The van der Waals surface area contributed by atoms with Crippen LogP contribution in [-0.4, -0.2) is 10.1 Å². The zero-order valence-corrected chi connectivity index (χ0v) is 8.89. The van der Waals surface area contributed by atoms with Crippen LogP contribution in [0.4, 0.5) is 0 Å². The highest BCUT2D eigenvalue weighted by atomic mass is 35.5. The van der Waals surface area contributed by atoms with Crippen molar-refractivity contribution < 1.29 is 5.11 Å². The van der Waals surface area contributed by atoms with E-state index >= 15 is 0 Å². The van der Waals surface area contributed by atoms with Crippen LogP contribution in [0.1, 0.15) is 32.0 Å². The number of hydrogen-bond acceptors (Lipinski definition) is 2. The second-order valence-corrected chi connectivity index (χ2v) is 4.41. The highest BCUT2D eigenvalue weighted by Crippen LogP contribution is 2.30. The summed E-state index contributed by atoms with van der Waals surface area (Å²) in [5.41, 5.74) is 1.56. The van der Waals surface area contributed by atoms with Crippen molar-refractivity contribution in [3.8, 4) is 0 Å². The lowest BCUT2D eigenvalue weighted by Crippen LogP contribution is -2.13. The van der Waals surface area contributed by atoms with Gasteiger partial charge in [-0.25, -0.2) is 0 Å². The number of hydrogen-bond donors (Lipinski definition) is 1. The highest BCUT2D eigenvalue weighted by molar-refractivity contribution is 6.32. The van der Waals surface area contributed by atoms with Crippen molar-refractivity contribution in [3.63, 3.8) is 0 Å². The van der Waals surface area contributed by atoms with Crippen LogP contribution in [0.2, 0.25) is 5.02 Å². The Morgan fingerprint density at radius 2 is 2.08 bits per heavy atom. The van der Waals surface area contributed by atoms with Crippen LogP contribution in [0.5, 0.6) is 0 Å². The Bertz CT molecular complexity index is 304. The third kappa shape index (κ3) is 2.20. The topological polar surface area (TPSA) is 33.1 Å². The summed E-state index contributed by atoms with van der Waals surface area (Å²) in [6, 6.07) is 1.89. The summed E-state index contributed by atoms with van der Waals surface area (Å²) in [4.78, 5) is 3.99. The molecule has 0 aliphatic heterocycles. The maximum Gasteiger partial charge on any atom is 0.0868 e. The van der Waals surface area contributed by atoms with E-state index in [1.165, 1.54) is 0 Å². The largest absolute Gasteiger partial charge is 0.390 e. The number of aromatic nitrogens is 1. The van der Waals surface area contributed by atoms with Gasteiger partial charge in [-0.05, 0) is 17.0 Å². The molecular formula is C10H14ClNO. The standard InChI is InChI=1S/C10H14ClNO/c1-10(2,3)7-4-5-12-8(6-13)9(7)11/h4-5,13H,6H2,1-3H3. The summed E-state index contributed by atoms with van der Waals surface area (Å²) in [6.07, 6.45) is 1.68. The van der Waals surface area contributed by atoms with Gasteiger partial charge in [-0.3, -0.25) is 4.98 Å². The molecule has 0 aromatic carbocycles. The van der Waals surface area contributed by atoms with Gasteiger partial charge in [0, 0.05) is 6.20 Å². The second-order valence-electron chi connectivity index (χ2n) is 4.03. The lowest BCUT2D eigenvalue weighted by atomic mass is 9.87. The average Bonchev–Trinajstić information content (AvgIpc) is 2.02. The van der Waals surface area contributed by atoms with E-state index < -0.39 is 0 Å². The van der Waals surface area contributed by atoms with Gasteiger partial charge in [0.1, 0.15) is 0 Å². The van der Waals surface area contributed by atoms with Crippen molar-refractivity contribution in [1.29, 1.82) is 0 Å². The molecule has 0 bridgehead atoms. The fraction of sp³-hybridized carbons (Fsp3) is 0.500. The van der Waals surface area contributed by atoms with Crippen LogP contribution in [0, 0.1) is 0 Å². The molecule has 1 aromatic rings. The first-order valence-corrected chi connectivity index (χ1v) is 4.59. The number of halogens is 1. The molecule has 1 heterocycles. The van der Waals surface area contributed by atoms with E-state index in [1.807, 2.05) is 6.07 Å². The molecule has 1 aromatic heterocycles. The van der Waals surface area contributed by atoms with Crippen molar-refractivity contribution in [2.24, 2.45) is 0 Å².